The van der Waals surface area contributed by atoms with Gasteiger partial charge in [-0.1, -0.05) is 54.6 Å². The minimum absolute atomic E-state index is 0.479. The molecule has 5 heteroatoms. The van der Waals surface area contributed by atoms with Crippen molar-refractivity contribution in [2.45, 2.75) is 19.8 Å². The molecular formula is C26H25N5. The van der Waals surface area contributed by atoms with Crippen molar-refractivity contribution in [2.75, 3.05) is 17.6 Å². The summed E-state index contributed by atoms with van der Waals surface area (Å²) in [6.07, 6.45) is 6.15. The lowest BCUT2D eigenvalue weighted by Crippen LogP contribution is -2.10. The zero-order valence-electron chi connectivity index (χ0n) is 17.5. The largest absolute Gasteiger partial charge is 0.383 e. The van der Waals surface area contributed by atoms with Crippen molar-refractivity contribution in [3.63, 3.8) is 0 Å². The topological polar surface area (TPSA) is 76.7 Å². The molecule has 154 valence electrons. The molecule has 1 saturated carbocycles. The maximum atomic E-state index is 6.32. The molecule has 31 heavy (non-hydrogen) atoms. The van der Waals surface area contributed by atoms with E-state index in [-0.39, 0.29) is 0 Å². The lowest BCUT2D eigenvalue weighted by molar-refractivity contribution is 0.880. The standard InChI is InChI=1S/C26H25N5/c1-2-21(24-25(27)29-16-30-26(24)28-15-17-8-9-17)20-11-10-19-12-13-22(31-23(19)14-20)18-6-4-3-5-7-18/h2-7,10-14,16-17H,8-9,15H2,1H3,(H3,27,28,29,30)/b21-2-. The number of fused-ring (bicyclic) bond motifs is 1. The number of benzene rings is 2. The maximum Gasteiger partial charge on any atom is 0.139 e. The summed E-state index contributed by atoms with van der Waals surface area (Å²) < 4.78 is 0. The Hall–Kier alpha value is -3.73. The minimum atomic E-state index is 0.479. The van der Waals surface area contributed by atoms with Gasteiger partial charge < -0.3 is 11.1 Å². The number of pyridine rings is 1. The van der Waals surface area contributed by atoms with Gasteiger partial charge in [-0.3, -0.25) is 0 Å². The van der Waals surface area contributed by atoms with Gasteiger partial charge in [0.1, 0.15) is 18.0 Å². The molecule has 3 N–H and O–H groups in total. The van der Waals surface area contributed by atoms with Gasteiger partial charge in [0.05, 0.1) is 16.8 Å². The smallest absolute Gasteiger partial charge is 0.139 e. The average molecular weight is 408 g/mol. The first-order chi connectivity index (χ1) is 15.2. The van der Waals surface area contributed by atoms with Crippen molar-refractivity contribution in [2.24, 2.45) is 5.92 Å². The van der Waals surface area contributed by atoms with Gasteiger partial charge in [-0.2, -0.15) is 0 Å². The van der Waals surface area contributed by atoms with Crippen molar-refractivity contribution in [3.8, 4) is 11.3 Å². The molecule has 1 aliphatic rings. The van der Waals surface area contributed by atoms with Crippen molar-refractivity contribution in [1.82, 2.24) is 15.0 Å². The Bertz CT molecular complexity index is 1260. The van der Waals surface area contributed by atoms with Gasteiger partial charge in [-0.25, -0.2) is 15.0 Å². The van der Waals surface area contributed by atoms with Gasteiger partial charge in [0.2, 0.25) is 0 Å². The Morgan fingerprint density at radius 3 is 2.65 bits per heavy atom. The summed E-state index contributed by atoms with van der Waals surface area (Å²) in [4.78, 5) is 13.7. The first kappa shape index (κ1) is 19.2. The Kier molecular flexibility index (Phi) is 5.08. The predicted molar refractivity (Wildman–Crippen MR) is 128 cm³/mol. The summed E-state index contributed by atoms with van der Waals surface area (Å²) in [5.74, 6) is 2.01. The first-order valence-corrected chi connectivity index (χ1v) is 10.7. The zero-order valence-corrected chi connectivity index (χ0v) is 17.5. The van der Waals surface area contributed by atoms with Gasteiger partial charge in [0, 0.05) is 17.5 Å². The van der Waals surface area contributed by atoms with E-state index >= 15 is 0 Å². The van der Waals surface area contributed by atoms with E-state index in [1.165, 1.54) is 19.2 Å². The fourth-order valence-electron chi connectivity index (χ4n) is 3.87. The SMILES string of the molecule is C/C=C(/c1ccc2ccc(-c3ccccc3)nc2c1)c1c(N)ncnc1NCC1CC1. The summed E-state index contributed by atoms with van der Waals surface area (Å²) in [5.41, 5.74) is 12.2. The molecule has 0 atom stereocenters. The number of hydrogen-bond acceptors (Lipinski definition) is 5. The quantitative estimate of drug-likeness (QED) is 0.438. The van der Waals surface area contributed by atoms with Crippen LogP contribution in [0.25, 0.3) is 27.7 Å². The molecule has 2 heterocycles. The fraction of sp³-hybridized carbons (Fsp3) is 0.192. The summed E-state index contributed by atoms with van der Waals surface area (Å²) >= 11 is 0. The van der Waals surface area contributed by atoms with E-state index in [1.54, 1.807) is 0 Å². The van der Waals surface area contributed by atoms with Crippen LogP contribution < -0.4 is 11.1 Å². The molecule has 5 rings (SSSR count). The highest BCUT2D eigenvalue weighted by atomic mass is 15.0. The second-order valence-corrected chi connectivity index (χ2v) is 7.98. The lowest BCUT2D eigenvalue weighted by atomic mass is 9.96. The van der Waals surface area contributed by atoms with E-state index in [9.17, 15) is 0 Å². The van der Waals surface area contributed by atoms with Crippen molar-refractivity contribution in [3.05, 3.63) is 84.2 Å². The van der Waals surface area contributed by atoms with Crippen LogP contribution in [0.2, 0.25) is 0 Å². The van der Waals surface area contributed by atoms with Crippen LogP contribution in [0, 0.1) is 5.92 Å². The van der Waals surface area contributed by atoms with Crippen LogP contribution in [-0.4, -0.2) is 21.5 Å². The van der Waals surface area contributed by atoms with Gasteiger partial charge >= 0.3 is 0 Å². The normalized spacial score (nSPS) is 14.0. The number of aromatic nitrogens is 3. The number of anilines is 2. The lowest BCUT2D eigenvalue weighted by Gasteiger charge is -2.16. The molecule has 0 radical (unpaired) electrons. The second kappa shape index (κ2) is 8.19. The Labute approximate surface area is 182 Å². The number of nitrogens with one attached hydrogen (secondary N) is 1. The maximum absolute atomic E-state index is 6.32. The van der Waals surface area contributed by atoms with E-state index < -0.39 is 0 Å². The van der Waals surface area contributed by atoms with E-state index in [4.69, 9.17) is 10.7 Å². The molecule has 0 spiro atoms. The summed E-state index contributed by atoms with van der Waals surface area (Å²) in [6.45, 7) is 2.94. The molecule has 1 fully saturated rings. The number of rotatable bonds is 6. The molecule has 1 aliphatic carbocycles. The highest BCUT2D eigenvalue weighted by molar-refractivity contribution is 5.93. The number of nitrogens with zero attached hydrogens (tertiary/aromatic N) is 3. The molecule has 0 amide bonds. The van der Waals surface area contributed by atoms with E-state index in [0.29, 0.717) is 5.82 Å². The molecule has 0 unspecified atom stereocenters. The fourth-order valence-corrected chi connectivity index (χ4v) is 3.87. The number of hydrogen-bond donors (Lipinski definition) is 2. The minimum Gasteiger partial charge on any atom is -0.383 e. The molecule has 0 saturated heterocycles. The number of nitrogen functional groups attached to an aromatic ring is 1. The molecule has 5 nitrogen and oxygen atoms in total. The third kappa shape index (κ3) is 3.99. The van der Waals surface area contributed by atoms with E-state index in [1.807, 2.05) is 25.1 Å². The molecular weight excluding hydrogens is 382 g/mol. The zero-order chi connectivity index (χ0) is 21.2. The van der Waals surface area contributed by atoms with Crippen LogP contribution in [0.15, 0.2) is 73.1 Å². The van der Waals surface area contributed by atoms with Crippen LogP contribution in [0.4, 0.5) is 11.6 Å². The summed E-state index contributed by atoms with van der Waals surface area (Å²) in [5, 5.41) is 4.58. The van der Waals surface area contributed by atoms with Gasteiger partial charge in [-0.15, -0.1) is 0 Å². The highest BCUT2D eigenvalue weighted by Gasteiger charge is 2.22. The molecule has 4 aromatic rings. The third-order valence-electron chi connectivity index (χ3n) is 5.76. The van der Waals surface area contributed by atoms with Crippen LogP contribution in [-0.2, 0) is 0 Å². The van der Waals surface area contributed by atoms with E-state index in [0.717, 1.165) is 57.1 Å². The van der Waals surface area contributed by atoms with Crippen molar-refractivity contribution < 1.29 is 0 Å². The molecule has 2 aromatic carbocycles. The van der Waals surface area contributed by atoms with E-state index in [2.05, 4.69) is 63.8 Å². The number of nitrogens with two attached hydrogens (primary N) is 1. The van der Waals surface area contributed by atoms with Crippen LogP contribution in [0.1, 0.15) is 30.9 Å². The van der Waals surface area contributed by atoms with Crippen LogP contribution in [0.3, 0.4) is 0 Å². The van der Waals surface area contributed by atoms with Crippen LogP contribution >= 0.6 is 0 Å². The highest BCUT2D eigenvalue weighted by Crippen LogP contribution is 2.35. The first-order valence-electron chi connectivity index (χ1n) is 10.7. The summed E-state index contributed by atoms with van der Waals surface area (Å²) in [7, 11) is 0. The second-order valence-electron chi connectivity index (χ2n) is 7.98. The van der Waals surface area contributed by atoms with Gasteiger partial charge in [-0.05, 0) is 49.0 Å². The summed E-state index contributed by atoms with van der Waals surface area (Å²) in [6, 6.07) is 20.8. The van der Waals surface area contributed by atoms with Crippen molar-refractivity contribution >= 4 is 28.1 Å². The Morgan fingerprint density at radius 2 is 1.87 bits per heavy atom. The number of allylic oxidation sites excluding steroid dienone is 1. The monoisotopic (exact) mass is 407 g/mol. The molecule has 0 aliphatic heterocycles. The Balaban J connectivity index is 1.56. The predicted octanol–water partition coefficient (Wildman–Crippen LogP) is 5.55. The molecule has 2 aromatic heterocycles. The Morgan fingerprint density at radius 1 is 1.06 bits per heavy atom. The molecule has 0 bridgehead atoms. The third-order valence-corrected chi connectivity index (χ3v) is 5.76. The van der Waals surface area contributed by atoms with Gasteiger partial charge in [0.15, 0.2) is 0 Å². The van der Waals surface area contributed by atoms with Crippen LogP contribution in [0.5, 0.6) is 0 Å². The average Bonchev–Trinajstić information content (AvgIpc) is 3.64. The van der Waals surface area contributed by atoms with Crippen molar-refractivity contribution in [1.29, 1.82) is 0 Å². The van der Waals surface area contributed by atoms with Gasteiger partial charge in [0.25, 0.3) is 0 Å².